The molecule has 2 rings (SSSR count). The van der Waals surface area contributed by atoms with E-state index in [0.717, 1.165) is 17.0 Å². The van der Waals surface area contributed by atoms with Crippen molar-refractivity contribution in [1.29, 1.82) is 5.26 Å². The molecule has 0 aliphatic carbocycles. The molecule has 0 saturated carbocycles. The largest absolute Gasteiger partial charge is 0.497 e. The molecule has 0 amide bonds. The van der Waals surface area contributed by atoms with Crippen molar-refractivity contribution < 1.29 is 4.74 Å². The summed E-state index contributed by atoms with van der Waals surface area (Å²) in [6, 6.07) is 14.9. The van der Waals surface area contributed by atoms with Gasteiger partial charge in [-0.3, -0.25) is 0 Å². The number of methoxy groups -OCH3 is 1. The average molecular weight is 285 g/mol. The first-order chi connectivity index (χ1) is 9.72. The summed E-state index contributed by atoms with van der Waals surface area (Å²) < 4.78 is 5.09. The van der Waals surface area contributed by atoms with Crippen LogP contribution in [0.15, 0.2) is 48.7 Å². The third-order valence-electron chi connectivity index (χ3n) is 2.74. The Labute approximate surface area is 123 Å². The molecular weight excluding hydrogens is 272 g/mol. The highest BCUT2D eigenvalue weighted by atomic mass is 35.5. The van der Waals surface area contributed by atoms with Crippen LogP contribution in [0, 0.1) is 11.3 Å². The van der Waals surface area contributed by atoms with Crippen molar-refractivity contribution in [3.63, 3.8) is 0 Å². The minimum Gasteiger partial charge on any atom is -0.497 e. The molecule has 3 nitrogen and oxygen atoms in total. The second-order valence-electron chi connectivity index (χ2n) is 4.05. The zero-order chi connectivity index (χ0) is 14.4. The number of nitrogens with one attached hydrogen (secondary N) is 1. The van der Waals surface area contributed by atoms with E-state index in [1.54, 1.807) is 25.4 Å². The Kier molecular flexibility index (Phi) is 4.65. The molecule has 0 aliphatic rings. The van der Waals surface area contributed by atoms with Crippen molar-refractivity contribution in [2.45, 2.75) is 0 Å². The fourth-order valence-corrected chi connectivity index (χ4v) is 1.86. The van der Waals surface area contributed by atoms with E-state index in [2.05, 4.69) is 11.4 Å². The third kappa shape index (κ3) is 3.53. The molecule has 0 heterocycles. The van der Waals surface area contributed by atoms with Gasteiger partial charge in [-0.2, -0.15) is 5.26 Å². The van der Waals surface area contributed by atoms with Gasteiger partial charge in [0.2, 0.25) is 0 Å². The molecule has 0 fully saturated rings. The van der Waals surface area contributed by atoms with Gasteiger partial charge in [0.15, 0.2) is 0 Å². The zero-order valence-corrected chi connectivity index (χ0v) is 11.7. The minimum absolute atomic E-state index is 0.547. The number of benzene rings is 2. The van der Waals surface area contributed by atoms with Gasteiger partial charge in [-0.05, 0) is 48.0 Å². The van der Waals surface area contributed by atoms with Gasteiger partial charge in [-0.15, -0.1) is 0 Å². The van der Waals surface area contributed by atoms with Crippen LogP contribution in [0.5, 0.6) is 5.75 Å². The minimum atomic E-state index is 0.547. The number of halogens is 1. The van der Waals surface area contributed by atoms with Gasteiger partial charge < -0.3 is 10.1 Å². The van der Waals surface area contributed by atoms with E-state index in [0.29, 0.717) is 10.6 Å². The summed E-state index contributed by atoms with van der Waals surface area (Å²) >= 11 is 5.85. The van der Waals surface area contributed by atoms with Crippen molar-refractivity contribution in [3.05, 3.63) is 64.8 Å². The number of hydrogen-bond donors (Lipinski definition) is 1. The molecule has 0 radical (unpaired) electrons. The monoisotopic (exact) mass is 284 g/mol. The number of nitrogens with zero attached hydrogens (tertiary/aromatic N) is 1. The Morgan fingerprint density at radius 3 is 2.60 bits per heavy atom. The van der Waals surface area contributed by atoms with E-state index in [1.807, 2.05) is 36.4 Å². The molecule has 100 valence electrons. The van der Waals surface area contributed by atoms with E-state index in [-0.39, 0.29) is 0 Å². The van der Waals surface area contributed by atoms with Gasteiger partial charge in [0.05, 0.1) is 18.7 Å². The Morgan fingerprint density at radius 2 is 1.95 bits per heavy atom. The maximum atomic E-state index is 9.04. The molecule has 2 aromatic carbocycles. The molecule has 0 saturated heterocycles. The van der Waals surface area contributed by atoms with Crippen molar-refractivity contribution in [1.82, 2.24) is 0 Å². The highest BCUT2D eigenvalue weighted by Gasteiger charge is 1.99. The Balaban J connectivity index is 2.08. The van der Waals surface area contributed by atoms with E-state index < -0.39 is 0 Å². The Morgan fingerprint density at radius 1 is 1.20 bits per heavy atom. The van der Waals surface area contributed by atoms with Crippen LogP contribution in [-0.2, 0) is 0 Å². The maximum Gasteiger partial charge on any atom is 0.119 e. The molecule has 1 N–H and O–H groups in total. The summed E-state index contributed by atoms with van der Waals surface area (Å²) in [4.78, 5) is 0. The van der Waals surface area contributed by atoms with Crippen molar-refractivity contribution in [3.8, 4) is 11.8 Å². The van der Waals surface area contributed by atoms with Crippen LogP contribution in [0.1, 0.15) is 11.1 Å². The van der Waals surface area contributed by atoms with Gasteiger partial charge in [0.25, 0.3) is 0 Å². The molecule has 0 aliphatic heterocycles. The van der Waals surface area contributed by atoms with Gasteiger partial charge in [-0.25, -0.2) is 0 Å². The van der Waals surface area contributed by atoms with E-state index in [9.17, 15) is 0 Å². The molecule has 4 heteroatoms. The molecular formula is C16H13ClN2O. The molecule has 2 aromatic rings. The molecule has 0 spiro atoms. The third-order valence-corrected chi connectivity index (χ3v) is 2.97. The second kappa shape index (κ2) is 6.65. The molecule has 0 atom stereocenters. The van der Waals surface area contributed by atoms with Crippen LogP contribution in [0.25, 0.3) is 6.08 Å². The predicted octanol–water partition coefficient (Wildman–Crippen LogP) is 4.30. The lowest BCUT2D eigenvalue weighted by molar-refractivity contribution is 0.415. The maximum absolute atomic E-state index is 9.04. The van der Waals surface area contributed by atoms with Gasteiger partial charge >= 0.3 is 0 Å². The lowest BCUT2D eigenvalue weighted by Gasteiger charge is -2.03. The standard InChI is InChI=1S/C16H13ClN2O/c1-20-16-6-4-15(5-7-16)19-9-8-12-2-3-14(17)10-13(12)11-18/h2-10,19H,1H3. The van der Waals surface area contributed by atoms with E-state index in [4.69, 9.17) is 21.6 Å². The van der Waals surface area contributed by atoms with Crippen LogP contribution < -0.4 is 10.1 Å². The lowest BCUT2D eigenvalue weighted by Crippen LogP contribution is -1.89. The number of rotatable bonds is 4. The molecule has 0 bridgehead atoms. The summed E-state index contributed by atoms with van der Waals surface area (Å²) in [5.41, 5.74) is 2.30. The number of hydrogen-bond acceptors (Lipinski definition) is 3. The highest BCUT2D eigenvalue weighted by molar-refractivity contribution is 6.30. The Bertz CT molecular complexity index is 657. The van der Waals surface area contributed by atoms with Crippen molar-refractivity contribution >= 4 is 23.4 Å². The predicted molar refractivity (Wildman–Crippen MR) is 81.8 cm³/mol. The van der Waals surface area contributed by atoms with Crippen LogP contribution >= 0.6 is 11.6 Å². The van der Waals surface area contributed by atoms with Gasteiger partial charge in [-0.1, -0.05) is 17.7 Å². The zero-order valence-electron chi connectivity index (χ0n) is 10.9. The number of anilines is 1. The molecule has 0 unspecified atom stereocenters. The van der Waals surface area contributed by atoms with Gasteiger partial charge in [0.1, 0.15) is 5.75 Å². The molecule has 20 heavy (non-hydrogen) atoms. The van der Waals surface area contributed by atoms with Crippen molar-refractivity contribution in [2.24, 2.45) is 0 Å². The van der Waals surface area contributed by atoms with Crippen LogP contribution in [0.4, 0.5) is 5.69 Å². The fraction of sp³-hybridized carbons (Fsp3) is 0.0625. The van der Waals surface area contributed by atoms with Crippen LogP contribution in [0.3, 0.4) is 0 Å². The smallest absolute Gasteiger partial charge is 0.119 e. The fourth-order valence-electron chi connectivity index (χ4n) is 1.69. The average Bonchev–Trinajstić information content (AvgIpc) is 2.49. The van der Waals surface area contributed by atoms with Crippen LogP contribution in [0.2, 0.25) is 5.02 Å². The Hall–Kier alpha value is -2.44. The SMILES string of the molecule is COc1ccc(NC=Cc2ccc(Cl)cc2C#N)cc1. The van der Waals surface area contributed by atoms with E-state index >= 15 is 0 Å². The summed E-state index contributed by atoms with van der Waals surface area (Å²) in [6.45, 7) is 0. The van der Waals surface area contributed by atoms with Gasteiger partial charge in [0, 0.05) is 16.9 Å². The summed E-state index contributed by atoms with van der Waals surface area (Å²) in [5.74, 6) is 0.809. The first-order valence-corrected chi connectivity index (χ1v) is 6.37. The quantitative estimate of drug-likeness (QED) is 0.910. The number of nitriles is 1. The topological polar surface area (TPSA) is 45.0 Å². The number of ether oxygens (including phenoxy) is 1. The highest BCUT2D eigenvalue weighted by Crippen LogP contribution is 2.18. The first-order valence-electron chi connectivity index (χ1n) is 6.00. The summed E-state index contributed by atoms with van der Waals surface area (Å²) in [6.07, 6.45) is 3.62. The summed E-state index contributed by atoms with van der Waals surface area (Å²) in [5, 5.41) is 12.7. The normalized spacial score (nSPS) is 10.2. The second-order valence-corrected chi connectivity index (χ2v) is 4.49. The van der Waals surface area contributed by atoms with Crippen LogP contribution in [-0.4, -0.2) is 7.11 Å². The van der Waals surface area contributed by atoms with E-state index in [1.165, 1.54) is 0 Å². The first kappa shape index (κ1) is 14.0. The van der Waals surface area contributed by atoms with Crippen molar-refractivity contribution in [2.75, 3.05) is 12.4 Å². The summed E-state index contributed by atoms with van der Waals surface area (Å²) in [7, 11) is 1.63. The lowest BCUT2D eigenvalue weighted by atomic mass is 10.1. The molecule has 0 aromatic heterocycles.